The van der Waals surface area contributed by atoms with Crippen molar-refractivity contribution in [1.82, 2.24) is 9.80 Å². The zero-order valence-electron chi connectivity index (χ0n) is 14.6. The Bertz CT molecular complexity index is 910. The molecule has 26 heavy (non-hydrogen) atoms. The molecule has 0 atom stereocenters. The zero-order chi connectivity index (χ0) is 17.9. The third-order valence-corrected chi connectivity index (χ3v) is 5.02. The molecule has 1 aliphatic rings. The Hall–Kier alpha value is -2.72. The van der Waals surface area contributed by atoms with Gasteiger partial charge in [-0.2, -0.15) is 0 Å². The summed E-state index contributed by atoms with van der Waals surface area (Å²) >= 11 is 0. The second-order valence-corrected chi connectivity index (χ2v) is 6.71. The van der Waals surface area contributed by atoms with Crippen molar-refractivity contribution >= 4 is 16.7 Å². The predicted octanol–water partition coefficient (Wildman–Crippen LogP) is 3.94. The second-order valence-electron chi connectivity index (χ2n) is 6.71. The van der Waals surface area contributed by atoms with Gasteiger partial charge in [0.05, 0.1) is 0 Å². The molecule has 0 aliphatic carbocycles. The monoisotopic (exact) mass is 348 g/mol. The molecule has 0 aromatic heterocycles. The van der Waals surface area contributed by atoms with E-state index in [0.29, 0.717) is 18.7 Å². The fourth-order valence-electron chi connectivity index (χ4n) is 3.56. The van der Waals surface area contributed by atoms with E-state index >= 15 is 0 Å². The van der Waals surface area contributed by atoms with E-state index in [1.54, 1.807) is 12.1 Å². The Balaban J connectivity index is 1.40. The van der Waals surface area contributed by atoms with E-state index in [2.05, 4.69) is 47.4 Å². The molecule has 1 amide bonds. The molecule has 4 heteroatoms. The first-order valence-electron chi connectivity index (χ1n) is 8.94. The van der Waals surface area contributed by atoms with E-state index in [4.69, 9.17) is 0 Å². The van der Waals surface area contributed by atoms with Gasteiger partial charge in [-0.15, -0.1) is 0 Å². The largest absolute Gasteiger partial charge is 0.336 e. The number of halogens is 1. The molecule has 0 N–H and O–H groups in total. The molecule has 1 fully saturated rings. The van der Waals surface area contributed by atoms with E-state index in [9.17, 15) is 9.18 Å². The summed E-state index contributed by atoms with van der Waals surface area (Å²) in [6.07, 6.45) is 0. The van der Waals surface area contributed by atoms with Crippen LogP contribution >= 0.6 is 0 Å². The lowest BCUT2D eigenvalue weighted by molar-refractivity contribution is 0.0629. The van der Waals surface area contributed by atoms with Crippen molar-refractivity contribution in [1.29, 1.82) is 0 Å². The van der Waals surface area contributed by atoms with Gasteiger partial charge in [0.1, 0.15) is 5.82 Å². The number of hydrogen-bond donors (Lipinski definition) is 0. The number of carbonyl (C=O) groups excluding carboxylic acids is 1. The number of fused-ring (bicyclic) bond motifs is 1. The maximum atomic E-state index is 13.0. The van der Waals surface area contributed by atoms with Gasteiger partial charge in [0, 0.05) is 38.3 Å². The molecule has 0 unspecified atom stereocenters. The maximum Gasteiger partial charge on any atom is 0.253 e. The number of amides is 1. The summed E-state index contributed by atoms with van der Waals surface area (Å²) in [4.78, 5) is 16.8. The number of rotatable bonds is 3. The minimum Gasteiger partial charge on any atom is -0.336 e. The molecule has 3 aromatic rings. The summed E-state index contributed by atoms with van der Waals surface area (Å²) < 4.78 is 13.0. The van der Waals surface area contributed by atoms with Gasteiger partial charge in [-0.25, -0.2) is 4.39 Å². The molecule has 132 valence electrons. The van der Waals surface area contributed by atoms with Gasteiger partial charge < -0.3 is 4.90 Å². The molecule has 3 aromatic carbocycles. The molecular formula is C22H21FN2O. The maximum absolute atomic E-state index is 13.0. The lowest BCUT2D eigenvalue weighted by Crippen LogP contribution is -2.48. The van der Waals surface area contributed by atoms with Gasteiger partial charge in [-0.3, -0.25) is 9.69 Å². The van der Waals surface area contributed by atoms with Gasteiger partial charge in [-0.05, 0) is 40.6 Å². The average Bonchev–Trinajstić information content (AvgIpc) is 2.69. The van der Waals surface area contributed by atoms with E-state index in [0.717, 1.165) is 19.6 Å². The Kier molecular flexibility index (Phi) is 4.67. The van der Waals surface area contributed by atoms with Gasteiger partial charge in [-0.1, -0.05) is 42.5 Å². The highest BCUT2D eigenvalue weighted by atomic mass is 19.1. The molecule has 1 heterocycles. The third kappa shape index (κ3) is 3.46. The van der Waals surface area contributed by atoms with Crippen molar-refractivity contribution in [3.63, 3.8) is 0 Å². The van der Waals surface area contributed by atoms with Crippen molar-refractivity contribution in [3.8, 4) is 0 Å². The fourth-order valence-corrected chi connectivity index (χ4v) is 3.56. The molecule has 1 saturated heterocycles. The zero-order valence-corrected chi connectivity index (χ0v) is 14.6. The summed E-state index contributed by atoms with van der Waals surface area (Å²) in [6, 6.07) is 20.6. The van der Waals surface area contributed by atoms with Gasteiger partial charge in [0.15, 0.2) is 0 Å². The first-order chi connectivity index (χ1) is 12.7. The van der Waals surface area contributed by atoms with Crippen molar-refractivity contribution in [3.05, 3.63) is 83.7 Å². The first-order valence-corrected chi connectivity index (χ1v) is 8.94. The normalized spacial score (nSPS) is 15.3. The highest BCUT2D eigenvalue weighted by molar-refractivity contribution is 5.94. The van der Waals surface area contributed by atoms with Gasteiger partial charge in [0.25, 0.3) is 5.91 Å². The summed E-state index contributed by atoms with van der Waals surface area (Å²) in [5.41, 5.74) is 1.87. The molecule has 4 rings (SSSR count). The van der Waals surface area contributed by atoms with E-state index in [-0.39, 0.29) is 11.7 Å². The van der Waals surface area contributed by atoms with Crippen LogP contribution in [0.4, 0.5) is 4.39 Å². The standard InChI is InChI=1S/C22H21FN2O/c23-20-10-8-18(9-11-20)22(26)25-14-12-24(13-15-25)16-19-6-3-5-17-4-1-2-7-21(17)19/h1-11H,12-16H2. The van der Waals surface area contributed by atoms with Crippen LogP contribution < -0.4 is 0 Å². The van der Waals surface area contributed by atoms with Crippen molar-refractivity contribution in [2.45, 2.75) is 6.54 Å². The molecular weight excluding hydrogens is 327 g/mol. The van der Waals surface area contributed by atoms with Crippen LogP contribution in [0, 0.1) is 5.82 Å². The number of piperazine rings is 1. The quantitative estimate of drug-likeness (QED) is 0.716. The van der Waals surface area contributed by atoms with E-state index < -0.39 is 0 Å². The molecule has 0 saturated carbocycles. The SMILES string of the molecule is O=C(c1ccc(F)cc1)N1CCN(Cc2cccc3ccccc23)CC1. The highest BCUT2D eigenvalue weighted by Crippen LogP contribution is 2.21. The Labute approximate surface area is 152 Å². The molecule has 3 nitrogen and oxygen atoms in total. The fraction of sp³-hybridized carbons (Fsp3) is 0.227. The number of nitrogens with zero attached hydrogens (tertiary/aromatic N) is 2. The van der Waals surface area contributed by atoms with Crippen LogP contribution in [0.3, 0.4) is 0 Å². The predicted molar refractivity (Wildman–Crippen MR) is 102 cm³/mol. The van der Waals surface area contributed by atoms with Gasteiger partial charge >= 0.3 is 0 Å². The van der Waals surface area contributed by atoms with E-state index in [1.807, 2.05) is 4.90 Å². The van der Waals surface area contributed by atoms with Crippen LogP contribution in [0.25, 0.3) is 10.8 Å². The van der Waals surface area contributed by atoms with Crippen molar-refractivity contribution < 1.29 is 9.18 Å². The molecule has 1 aliphatic heterocycles. The lowest BCUT2D eigenvalue weighted by atomic mass is 10.0. The smallest absolute Gasteiger partial charge is 0.253 e. The van der Waals surface area contributed by atoms with Crippen LogP contribution in [0.15, 0.2) is 66.7 Å². The Morgan fingerprint density at radius 3 is 2.31 bits per heavy atom. The summed E-state index contributed by atoms with van der Waals surface area (Å²) in [5.74, 6) is -0.337. The molecule has 0 spiro atoms. The van der Waals surface area contributed by atoms with Crippen LogP contribution in [0.5, 0.6) is 0 Å². The number of hydrogen-bond acceptors (Lipinski definition) is 2. The summed E-state index contributed by atoms with van der Waals surface area (Å²) in [6.45, 7) is 3.97. The number of carbonyl (C=O) groups is 1. The number of benzene rings is 3. The lowest BCUT2D eigenvalue weighted by Gasteiger charge is -2.35. The first kappa shape index (κ1) is 16.7. The minimum atomic E-state index is -0.318. The Morgan fingerprint density at radius 2 is 1.54 bits per heavy atom. The Morgan fingerprint density at radius 1 is 0.846 bits per heavy atom. The minimum absolute atomic E-state index is 0.0187. The van der Waals surface area contributed by atoms with Crippen molar-refractivity contribution in [2.75, 3.05) is 26.2 Å². The summed E-state index contributed by atoms with van der Waals surface area (Å²) in [7, 11) is 0. The van der Waals surface area contributed by atoms with E-state index in [1.165, 1.54) is 28.5 Å². The van der Waals surface area contributed by atoms with Gasteiger partial charge in [0.2, 0.25) is 0 Å². The second kappa shape index (κ2) is 7.26. The molecule has 0 radical (unpaired) electrons. The van der Waals surface area contributed by atoms with Crippen molar-refractivity contribution in [2.24, 2.45) is 0 Å². The summed E-state index contributed by atoms with van der Waals surface area (Å²) in [5, 5.41) is 2.55. The molecule has 0 bridgehead atoms. The third-order valence-electron chi connectivity index (χ3n) is 5.02. The highest BCUT2D eigenvalue weighted by Gasteiger charge is 2.22. The van der Waals surface area contributed by atoms with Crippen LogP contribution in [0.2, 0.25) is 0 Å². The van der Waals surface area contributed by atoms with Crippen LogP contribution in [0.1, 0.15) is 15.9 Å². The van der Waals surface area contributed by atoms with Crippen LogP contribution in [-0.4, -0.2) is 41.9 Å². The topological polar surface area (TPSA) is 23.6 Å². The average molecular weight is 348 g/mol. The van der Waals surface area contributed by atoms with Crippen LogP contribution in [-0.2, 0) is 6.54 Å².